The first kappa shape index (κ1) is 9.88. The van der Waals surface area contributed by atoms with Gasteiger partial charge in [0, 0.05) is 0 Å². The monoisotopic (exact) mass is 112 g/mol. The Morgan fingerprint density at radius 1 is 1.43 bits per heavy atom. The van der Waals surface area contributed by atoms with E-state index < -0.39 is 0 Å². The minimum Gasteiger partial charge on any atom is -0.312 e. The first-order valence-electron chi connectivity index (χ1n) is 1.88. The molecule has 0 N–H and O–H groups in total. The molecule has 0 amide bonds. The van der Waals surface area contributed by atoms with E-state index >= 15 is 0 Å². The fourth-order valence-electron chi connectivity index (χ4n) is 0. The van der Waals surface area contributed by atoms with Crippen LogP contribution >= 0.6 is 0 Å². The smallest absolute Gasteiger partial charge is 0.0140 e. The summed E-state index contributed by atoms with van der Waals surface area (Å²) in [4.78, 5) is 2.00. The predicted molar refractivity (Wildman–Crippen MR) is 34.2 cm³/mol. The molecule has 0 aliphatic rings. The third-order valence-corrected chi connectivity index (χ3v) is 0. The quantitative estimate of drug-likeness (QED) is 0.313. The molecule has 0 unspecified atom stereocenters. The first-order valence-corrected chi connectivity index (χ1v) is 2.38. The van der Waals surface area contributed by atoms with Gasteiger partial charge in [0.25, 0.3) is 0 Å². The molecule has 36 valence electrons. The maximum absolute atomic E-state index is 4.51. The molecule has 0 saturated heterocycles. The van der Waals surface area contributed by atoms with Crippen LogP contribution in [0, 0.1) is 12.0 Å². The number of rotatable bonds is 0. The van der Waals surface area contributed by atoms with Crippen molar-refractivity contribution < 1.29 is 0 Å². The summed E-state index contributed by atoms with van der Waals surface area (Å²) in [6, 6.07) is 0. The van der Waals surface area contributed by atoms with E-state index in [1.807, 2.05) is 26.0 Å². The molecule has 0 aliphatic heterocycles. The molecule has 0 radical (unpaired) electrons. The van der Waals surface area contributed by atoms with Crippen molar-refractivity contribution >= 4 is 10.2 Å². The van der Waals surface area contributed by atoms with Crippen LogP contribution in [0.15, 0.2) is 0 Å². The van der Waals surface area contributed by atoms with Crippen LogP contribution in [0.5, 0.6) is 0 Å². The van der Waals surface area contributed by atoms with Crippen LogP contribution in [0.3, 0.4) is 0 Å². The average Bonchev–Trinajstić information content (AvgIpc) is 1.33. The summed E-state index contributed by atoms with van der Waals surface area (Å²) in [6.07, 6.45) is 4.51. The molecular formula is C5H10NSi+3. The fourth-order valence-corrected chi connectivity index (χ4v) is 0. The van der Waals surface area contributed by atoms with E-state index in [1.54, 1.807) is 0 Å². The summed E-state index contributed by atoms with van der Waals surface area (Å²) in [5.74, 6) is 0. The Morgan fingerprint density at radius 3 is 1.43 bits per heavy atom. The third kappa shape index (κ3) is 1160. The third-order valence-electron chi connectivity index (χ3n) is 0. The van der Waals surface area contributed by atoms with E-state index in [1.165, 1.54) is 0 Å². The average molecular weight is 112 g/mol. The minimum atomic E-state index is 2.00. The van der Waals surface area contributed by atoms with Crippen LogP contribution in [-0.4, -0.2) is 36.3 Å². The zero-order chi connectivity index (χ0) is 6.28. The van der Waals surface area contributed by atoms with Crippen molar-refractivity contribution in [2.75, 3.05) is 21.1 Å². The Bertz CT molecular complexity index is 50.8. The molecule has 0 aromatic heterocycles. The molecule has 2 heteroatoms. The molecule has 0 rings (SSSR count). The second-order valence-electron chi connectivity index (χ2n) is 1.49. The van der Waals surface area contributed by atoms with E-state index in [9.17, 15) is 0 Å². The van der Waals surface area contributed by atoms with E-state index in [4.69, 9.17) is 0 Å². The van der Waals surface area contributed by atoms with Crippen molar-refractivity contribution in [1.29, 1.82) is 0 Å². The summed E-state index contributed by atoms with van der Waals surface area (Å²) < 4.78 is 0. The molecule has 0 aliphatic carbocycles. The maximum Gasteiger partial charge on any atom is -0.0140 e. The molecule has 1 nitrogen and oxygen atoms in total. The van der Waals surface area contributed by atoms with Crippen molar-refractivity contribution in [3.05, 3.63) is 0 Å². The zero-order valence-electron chi connectivity index (χ0n) is 5.02. The van der Waals surface area contributed by atoms with Crippen molar-refractivity contribution in [2.45, 2.75) is 0 Å². The molecule has 0 bridgehead atoms. The summed E-state index contributed by atoms with van der Waals surface area (Å²) >= 11 is 0. The van der Waals surface area contributed by atoms with Gasteiger partial charge in [-0.3, -0.25) is 0 Å². The Kier molecular flexibility index (Phi) is 13.0. The van der Waals surface area contributed by atoms with Gasteiger partial charge < -0.3 is 4.90 Å². The SMILES string of the molecule is C#C[Si+3].CN(C)C. The number of hydrogen-bond acceptors (Lipinski definition) is 1. The van der Waals surface area contributed by atoms with Gasteiger partial charge >= 0.3 is 22.2 Å². The van der Waals surface area contributed by atoms with E-state index in [0.29, 0.717) is 0 Å². The molecule has 0 fully saturated rings. The Balaban J connectivity index is 0. The van der Waals surface area contributed by atoms with Gasteiger partial charge in [0.05, 0.1) is 0 Å². The van der Waals surface area contributed by atoms with Gasteiger partial charge in [-0.15, -0.1) is 0 Å². The minimum absolute atomic E-state index is 2.00. The Morgan fingerprint density at radius 2 is 1.43 bits per heavy atom. The van der Waals surface area contributed by atoms with Gasteiger partial charge in [-0.1, -0.05) is 0 Å². The number of hydrogen-bond donors (Lipinski definition) is 0. The summed E-state index contributed by atoms with van der Waals surface area (Å²) in [5, 5.41) is 0. The molecule has 7 heavy (non-hydrogen) atoms. The van der Waals surface area contributed by atoms with Crippen LogP contribution in [0.1, 0.15) is 0 Å². The van der Waals surface area contributed by atoms with Crippen LogP contribution in [0.2, 0.25) is 0 Å². The first-order chi connectivity index (χ1) is 3.15. The van der Waals surface area contributed by atoms with Gasteiger partial charge in [0.1, 0.15) is 0 Å². The summed E-state index contributed by atoms with van der Waals surface area (Å²) in [6.45, 7) is 0. The van der Waals surface area contributed by atoms with E-state index in [-0.39, 0.29) is 0 Å². The van der Waals surface area contributed by atoms with Gasteiger partial charge in [0.2, 0.25) is 0 Å². The predicted octanol–water partition coefficient (Wildman–Crippen LogP) is -0.0766. The van der Waals surface area contributed by atoms with Crippen LogP contribution in [0.25, 0.3) is 0 Å². The van der Waals surface area contributed by atoms with Gasteiger partial charge in [-0.2, -0.15) is 0 Å². The second kappa shape index (κ2) is 9.22. The van der Waals surface area contributed by atoms with E-state index in [2.05, 4.69) is 22.2 Å². The fraction of sp³-hybridized carbons (Fsp3) is 0.600. The van der Waals surface area contributed by atoms with Crippen molar-refractivity contribution in [3.63, 3.8) is 0 Å². The molecule has 0 aromatic carbocycles. The van der Waals surface area contributed by atoms with Gasteiger partial charge in [-0.25, -0.2) is 0 Å². The number of terminal acetylenes is 1. The maximum atomic E-state index is 4.51. The van der Waals surface area contributed by atoms with Gasteiger partial charge in [-0.05, 0) is 21.1 Å². The van der Waals surface area contributed by atoms with Crippen molar-refractivity contribution in [2.24, 2.45) is 0 Å². The second-order valence-corrected chi connectivity index (χ2v) is 1.77. The molecule has 0 spiro atoms. The Labute approximate surface area is 49.1 Å². The number of nitrogens with zero attached hydrogens (tertiary/aromatic N) is 1. The molecule has 0 heterocycles. The zero-order valence-corrected chi connectivity index (χ0v) is 6.02. The van der Waals surface area contributed by atoms with Crippen molar-refractivity contribution in [3.8, 4) is 12.0 Å². The summed E-state index contributed by atoms with van der Waals surface area (Å²) in [5.41, 5.74) is 2.06. The normalized spacial score (nSPS) is 6.43. The molecule has 0 aromatic rings. The molecule has 0 saturated carbocycles. The standard InChI is InChI=1S/C3H9N.C2HSi/c1-4(2)3;1-2-3/h1-3H3;1H/q;+3. The molecule has 0 atom stereocenters. The van der Waals surface area contributed by atoms with Crippen molar-refractivity contribution in [1.82, 2.24) is 4.90 Å². The summed E-state index contributed by atoms with van der Waals surface area (Å²) in [7, 11) is 8.71. The van der Waals surface area contributed by atoms with Crippen LogP contribution < -0.4 is 0 Å². The topological polar surface area (TPSA) is 3.24 Å². The Hall–Kier alpha value is -0.263. The van der Waals surface area contributed by atoms with Crippen LogP contribution in [0.4, 0.5) is 0 Å². The van der Waals surface area contributed by atoms with Crippen LogP contribution in [-0.2, 0) is 0 Å². The van der Waals surface area contributed by atoms with E-state index in [0.717, 1.165) is 0 Å². The van der Waals surface area contributed by atoms with Gasteiger partial charge in [0.15, 0.2) is 0 Å². The molecular weight excluding hydrogens is 102 g/mol. The largest absolute Gasteiger partial charge is 0.312 e.